The molecule has 0 fully saturated rings. The zero-order chi connectivity index (χ0) is 14.7. The largest absolute Gasteiger partial charge is 0.494 e. The average Bonchev–Trinajstić information content (AvgIpc) is 2.96. The van der Waals surface area contributed by atoms with Gasteiger partial charge in [-0.3, -0.25) is 15.6 Å². The first-order valence-corrected chi connectivity index (χ1v) is 7.14. The number of rotatable bonds is 4. The molecule has 0 bridgehead atoms. The summed E-state index contributed by atoms with van der Waals surface area (Å²) in [7, 11) is 1.61. The third-order valence-electron chi connectivity index (χ3n) is 2.92. The van der Waals surface area contributed by atoms with Gasteiger partial charge in [-0.2, -0.15) is 0 Å². The van der Waals surface area contributed by atoms with Gasteiger partial charge in [-0.15, -0.1) is 0 Å². The van der Waals surface area contributed by atoms with Crippen LogP contribution in [0.2, 0.25) is 0 Å². The van der Waals surface area contributed by atoms with E-state index in [0.29, 0.717) is 16.4 Å². The van der Waals surface area contributed by atoms with E-state index >= 15 is 0 Å². The molecule has 2 N–H and O–H groups in total. The van der Waals surface area contributed by atoms with Gasteiger partial charge < -0.3 is 4.74 Å². The third kappa shape index (κ3) is 2.80. The first-order chi connectivity index (χ1) is 10.3. The van der Waals surface area contributed by atoms with Crippen molar-refractivity contribution in [3.8, 4) is 5.75 Å². The van der Waals surface area contributed by atoms with Crippen LogP contribution >= 0.6 is 11.3 Å². The molecule has 3 rings (SSSR count). The number of benzene rings is 2. The highest BCUT2D eigenvalue weighted by Gasteiger charge is 2.09. The summed E-state index contributed by atoms with van der Waals surface area (Å²) in [5.41, 5.74) is 6.83. The lowest BCUT2D eigenvalue weighted by Crippen LogP contribution is -2.29. The minimum Gasteiger partial charge on any atom is -0.494 e. The van der Waals surface area contributed by atoms with Crippen molar-refractivity contribution in [2.24, 2.45) is 0 Å². The normalized spacial score (nSPS) is 10.3. The van der Waals surface area contributed by atoms with Crippen molar-refractivity contribution in [2.45, 2.75) is 0 Å². The van der Waals surface area contributed by atoms with Gasteiger partial charge in [-0.1, -0.05) is 35.6 Å². The Kier molecular flexibility index (Phi) is 3.70. The number of para-hydroxylation sites is 1. The number of fused-ring (bicyclic) bond motifs is 1. The first kappa shape index (κ1) is 13.4. The van der Waals surface area contributed by atoms with E-state index in [0.717, 1.165) is 10.2 Å². The Morgan fingerprint density at radius 1 is 1.14 bits per heavy atom. The maximum Gasteiger partial charge on any atom is 0.269 e. The number of hydrazine groups is 1. The quantitative estimate of drug-likeness (QED) is 0.727. The van der Waals surface area contributed by atoms with E-state index in [4.69, 9.17) is 4.74 Å². The monoisotopic (exact) mass is 299 g/mol. The van der Waals surface area contributed by atoms with Gasteiger partial charge >= 0.3 is 0 Å². The zero-order valence-electron chi connectivity index (χ0n) is 11.3. The highest BCUT2D eigenvalue weighted by molar-refractivity contribution is 7.22. The molecule has 1 aromatic heterocycles. The van der Waals surface area contributed by atoms with Gasteiger partial charge in [0.25, 0.3) is 5.91 Å². The van der Waals surface area contributed by atoms with E-state index in [2.05, 4.69) is 15.8 Å². The van der Waals surface area contributed by atoms with E-state index in [9.17, 15) is 4.79 Å². The Hall–Kier alpha value is -2.60. The Morgan fingerprint density at radius 3 is 2.71 bits per heavy atom. The van der Waals surface area contributed by atoms with Crippen molar-refractivity contribution in [3.63, 3.8) is 0 Å². The second-order valence-electron chi connectivity index (χ2n) is 4.27. The highest BCUT2D eigenvalue weighted by atomic mass is 32.1. The molecule has 2 aromatic carbocycles. The topological polar surface area (TPSA) is 63.2 Å². The van der Waals surface area contributed by atoms with Crippen molar-refractivity contribution in [1.82, 2.24) is 10.4 Å². The number of anilines is 1. The van der Waals surface area contributed by atoms with Gasteiger partial charge in [-0.05, 0) is 24.3 Å². The molecule has 0 saturated heterocycles. The van der Waals surface area contributed by atoms with Crippen molar-refractivity contribution in [1.29, 1.82) is 0 Å². The summed E-state index contributed by atoms with van der Waals surface area (Å²) in [6.07, 6.45) is 0. The van der Waals surface area contributed by atoms with E-state index in [1.807, 2.05) is 36.4 Å². The second-order valence-corrected chi connectivity index (χ2v) is 5.30. The maximum absolute atomic E-state index is 11.9. The van der Waals surface area contributed by atoms with E-state index in [1.54, 1.807) is 19.2 Å². The summed E-state index contributed by atoms with van der Waals surface area (Å²) < 4.78 is 6.26. The molecule has 5 nitrogen and oxygen atoms in total. The third-order valence-corrected chi connectivity index (χ3v) is 3.86. The van der Waals surface area contributed by atoms with Crippen molar-refractivity contribution in [3.05, 3.63) is 54.1 Å². The Bertz CT molecular complexity index is 771. The predicted molar refractivity (Wildman–Crippen MR) is 83.7 cm³/mol. The molecule has 0 saturated carbocycles. The van der Waals surface area contributed by atoms with Crippen molar-refractivity contribution < 1.29 is 9.53 Å². The molecular formula is C15H13N3O2S. The molecule has 1 heterocycles. The van der Waals surface area contributed by atoms with Crippen molar-refractivity contribution >= 4 is 32.6 Å². The van der Waals surface area contributed by atoms with Crippen molar-refractivity contribution in [2.75, 3.05) is 12.5 Å². The lowest BCUT2D eigenvalue weighted by molar-refractivity contribution is 0.0962. The number of amides is 1. The smallest absolute Gasteiger partial charge is 0.269 e. The average molecular weight is 299 g/mol. The number of methoxy groups -OCH3 is 1. The molecule has 0 aliphatic heterocycles. The molecule has 6 heteroatoms. The molecular weight excluding hydrogens is 286 g/mol. The van der Waals surface area contributed by atoms with Gasteiger partial charge in [0.2, 0.25) is 5.13 Å². The van der Waals surface area contributed by atoms with Crippen LogP contribution in [0.4, 0.5) is 5.13 Å². The molecule has 106 valence electrons. The summed E-state index contributed by atoms with van der Waals surface area (Å²) in [6, 6.07) is 14.7. The van der Waals surface area contributed by atoms with Gasteiger partial charge in [0.15, 0.2) is 0 Å². The molecule has 1 amide bonds. The summed E-state index contributed by atoms with van der Waals surface area (Å²) in [6.45, 7) is 0. The fraction of sp³-hybridized carbons (Fsp3) is 0.0667. The van der Waals surface area contributed by atoms with E-state index in [1.165, 1.54) is 11.3 Å². The molecule has 21 heavy (non-hydrogen) atoms. The Balaban J connectivity index is 1.75. The zero-order valence-corrected chi connectivity index (χ0v) is 12.1. The van der Waals surface area contributed by atoms with Crippen LogP contribution in [-0.2, 0) is 0 Å². The fourth-order valence-corrected chi connectivity index (χ4v) is 2.75. The van der Waals surface area contributed by atoms with Crippen LogP contribution in [0.3, 0.4) is 0 Å². The number of hydrogen-bond acceptors (Lipinski definition) is 5. The summed E-state index contributed by atoms with van der Waals surface area (Å²) in [4.78, 5) is 16.4. The number of hydrogen-bond donors (Lipinski definition) is 2. The number of nitrogens with zero attached hydrogens (tertiary/aromatic N) is 1. The Morgan fingerprint density at radius 2 is 1.95 bits per heavy atom. The predicted octanol–water partition coefficient (Wildman–Crippen LogP) is 3.06. The molecule has 0 aliphatic rings. The molecule has 0 aliphatic carbocycles. The number of thiazole rings is 1. The number of carbonyl (C=O) groups is 1. The molecule has 0 atom stereocenters. The molecule has 0 unspecified atom stereocenters. The standard InChI is InChI=1S/C15H13N3O2S/c1-20-11-8-5-9-12-13(11)16-15(21-12)18-17-14(19)10-6-3-2-4-7-10/h2-9H,1H3,(H,16,18)(H,17,19). The van der Waals surface area contributed by atoms with Crippen LogP contribution in [-0.4, -0.2) is 18.0 Å². The molecule has 0 spiro atoms. The summed E-state index contributed by atoms with van der Waals surface area (Å²) in [5.74, 6) is 0.507. The van der Waals surface area contributed by atoms with Gasteiger partial charge in [0.1, 0.15) is 11.3 Å². The lowest BCUT2D eigenvalue weighted by atomic mass is 10.2. The maximum atomic E-state index is 11.9. The highest BCUT2D eigenvalue weighted by Crippen LogP contribution is 2.31. The van der Waals surface area contributed by atoms with Crippen LogP contribution in [0.25, 0.3) is 10.2 Å². The fourth-order valence-electron chi connectivity index (χ4n) is 1.91. The minimum atomic E-state index is -0.207. The van der Waals surface area contributed by atoms with Crippen LogP contribution in [0, 0.1) is 0 Å². The number of ether oxygens (including phenoxy) is 1. The lowest BCUT2D eigenvalue weighted by Gasteiger charge is -2.04. The van der Waals surface area contributed by atoms with Gasteiger partial charge in [0, 0.05) is 5.56 Å². The van der Waals surface area contributed by atoms with Gasteiger partial charge in [-0.25, -0.2) is 4.98 Å². The SMILES string of the molecule is COc1cccc2sc(NNC(=O)c3ccccc3)nc12. The van der Waals surface area contributed by atoms with Crippen LogP contribution < -0.4 is 15.6 Å². The van der Waals surface area contributed by atoms with E-state index in [-0.39, 0.29) is 5.91 Å². The van der Waals surface area contributed by atoms with E-state index < -0.39 is 0 Å². The number of nitrogens with one attached hydrogen (secondary N) is 2. The minimum absolute atomic E-state index is 0.207. The number of aromatic nitrogens is 1. The van der Waals surface area contributed by atoms with Crippen LogP contribution in [0.15, 0.2) is 48.5 Å². The number of carbonyl (C=O) groups excluding carboxylic acids is 1. The summed E-state index contributed by atoms with van der Waals surface area (Å²) in [5, 5.41) is 0.610. The second kappa shape index (κ2) is 5.80. The Labute approximate surface area is 125 Å². The molecule has 0 radical (unpaired) electrons. The molecule has 3 aromatic rings. The van der Waals surface area contributed by atoms with Crippen LogP contribution in [0.5, 0.6) is 5.75 Å². The summed E-state index contributed by atoms with van der Waals surface area (Å²) >= 11 is 1.45. The van der Waals surface area contributed by atoms with Crippen LogP contribution in [0.1, 0.15) is 10.4 Å². The first-order valence-electron chi connectivity index (χ1n) is 6.33. The van der Waals surface area contributed by atoms with Gasteiger partial charge in [0.05, 0.1) is 11.8 Å².